The van der Waals surface area contributed by atoms with Gasteiger partial charge in [-0.1, -0.05) is 18.2 Å². The van der Waals surface area contributed by atoms with Crippen LogP contribution in [0.2, 0.25) is 0 Å². The topological polar surface area (TPSA) is 86.2 Å². The summed E-state index contributed by atoms with van der Waals surface area (Å²) in [5.41, 5.74) is 2.58. The standard InChI is InChI=1S/C21H28N4O3.HI/c1-5-22-21(24-14-16-8-11-19(28-4)18(26)12-16)23-13-15-6-9-17(10-7-15)20(27)25(2)3;/h6-12,26H,5,13-14H2,1-4H3,(H2,22,23,24);1H. The number of rotatable bonds is 7. The Morgan fingerprint density at radius 1 is 1.10 bits per heavy atom. The van der Waals surface area contributed by atoms with Gasteiger partial charge in [-0.05, 0) is 42.3 Å². The van der Waals surface area contributed by atoms with Gasteiger partial charge >= 0.3 is 0 Å². The van der Waals surface area contributed by atoms with Gasteiger partial charge in [0.25, 0.3) is 5.91 Å². The van der Waals surface area contributed by atoms with E-state index in [4.69, 9.17) is 4.74 Å². The van der Waals surface area contributed by atoms with Crippen molar-refractivity contribution in [1.29, 1.82) is 0 Å². The molecule has 2 aromatic rings. The van der Waals surface area contributed by atoms with Gasteiger partial charge in [0.05, 0.1) is 13.7 Å². The van der Waals surface area contributed by atoms with E-state index in [-0.39, 0.29) is 35.6 Å². The molecule has 0 aliphatic carbocycles. The van der Waals surface area contributed by atoms with Crippen molar-refractivity contribution in [3.05, 3.63) is 59.2 Å². The highest BCUT2D eigenvalue weighted by molar-refractivity contribution is 14.0. The van der Waals surface area contributed by atoms with Gasteiger partial charge in [-0.2, -0.15) is 0 Å². The van der Waals surface area contributed by atoms with E-state index in [1.165, 1.54) is 7.11 Å². The fraction of sp³-hybridized carbons (Fsp3) is 0.333. The van der Waals surface area contributed by atoms with Crippen LogP contribution in [0.3, 0.4) is 0 Å². The summed E-state index contributed by atoms with van der Waals surface area (Å²) in [5.74, 6) is 1.19. The number of phenols is 1. The van der Waals surface area contributed by atoms with Gasteiger partial charge in [0, 0.05) is 32.7 Å². The second-order valence-electron chi connectivity index (χ2n) is 6.45. The number of hydrogen-bond acceptors (Lipinski definition) is 4. The zero-order chi connectivity index (χ0) is 20.5. The van der Waals surface area contributed by atoms with Crippen LogP contribution in [-0.2, 0) is 13.1 Å². The number of nitrogens with one attached hydrogen (secondary N) is 2. The Balaban J connectivity index is 0.00000420. The van der Waals surface area contributed by atoms with Crippen LogP contribution >= 0.6 is 24.0 Å². The number of benzene rings is 2. The predicted molar refractivity (Wildman–Crippen MR) is 126 cm³/mol. The van der Waals surface area contributed by atoms with Crippen molar-refractivity contribution in [3.63, 3.8) is 0 Å². The molecule has 1 amide bonds. The van der Waals surface area contributed by atoms with E-state index in [0.717, 1.165) is 17.7 Å². The molecule has 0 saturated carbocycles. The maximum Gasteiger partial charge on any atom is 0.253 e. The van der Waals surface area contributed by atoms with E-state index in [9.17, 15) is 9.90 Å². The first-order chi connectivity index (χ1) is 13.4. The number of aliphatic imine (C=N–C) groups is 1. The molecule has 29 heavy (non-hydrogen) atoms. The fourth-order valence-electron chi connectivity index (χ4n) is 2.56. The molecule has 0 radical (unpaired) electrons. The average molecular weight is 512 g/mol. The van der Waals surface area contributed by atoms with Crippen LogP contribution < -0.4 is 15.4 Å². The number of carbonyl (C=O) groups excluding carboxylic acids is 1. The Labute approximate surface area is 189 Å². The predicted octanol–water partition coefficient (Wildman–Crippen LogP) is 2.98. The number of amides is 1. The Kier molecular flexibility index (Phi) is 10.3. The molecule has 0 aliphatic heterocycles. The second kappa shape index (κ2) is 12.2. The normalized spacial score (nSPS) is 10.7. The number of phenolic OH excluding ortho intramolecular Hbond substituents is 1. The lowest BCUT2D eigenvalue weighted by atomic mass is 10.1. The zero-order valence-corrected chi connectivity index (χ0v) is 19.6. The number of guanidine groups is 1. The monoisotopic (exact) mass is 512 g/mol. The van der Waals surface area contributed by atoms with Crippen LogP contribution in [0.5, 0.6) is 11.5 Å². The summed E-state index contributed by atoms with van der Waals surface area (Å²) in [6.45, 7) is 3.73. The molecule has 0 fully saturated rings. The van der Waals surface area contributed by atoms with Crippen molar-refractivity contribution in [2.45, 2.75) is 20.0 Å². The quantitative estimate of drug-likeness (QED) is 0.302. The molecule has 0 spiro atoms. The number of carbonyl (C=O) groups is 1. The van der Waals surface area contributed by atoms with Crippen LogP contribution in [0.15, 0.2) is 47.5 Å². The highest BCUT2D eigenvalue weighted by Crippen LogP contribution is 2.26. The number of nitrogens with zero attached hydrogens (tertiary/aromatic N) is 2. The summed E-state index contributed by atoms with van der Waals surface area (Å²) >= 11 is 0. The number of methoxy groups -OCH3 is 1. The summed E-state index contributed by atoms with van der Waals surface area (Å²) in [6.07, 6.45) is 0. The van der Waals surface area contributed by atoms with E-state index in [1.807, 2.05) is 37.3 Å². The van der Waals surface area contributed by atoms with Crippen molar-refractivity contribution >= 4 is 35.8 Å². The van der Waals surface area contributed by atoms with Crippen molar-refractivity contribution in [3.8, 4) is 11.5 Å². The average Bonchev–Trinajstić information content (AvgIpc) is 2.70. The minimum Gasteiger partial charge on any atom is -0.504 e. The minimum absolute atomic E-state index is 0. The Bertz CT molecular complexity index is 823. The van der Waals surface area contributed by atoms with Gasteiger partial charge in [0.1, 0.15) is 0 Å². The van der Waals surface area contributed by atoms with E-state index in [2.05, 4.69) is 15.6 Å². The molecule has 8 heteroatoms. The molecule has 0 aliphatic rings. The number of halogens is 1. The minimum atomic E-state index is -0.0165. The van der Waals surface area contributed by atoms with Crippen molar-refractivity contribution in [1.82, 2.24) is 15.5 Å². The van der Waals surface area contributed by atoms with Crippen molar-refractivity contribution in [2.24, 2.45) is 4.99 Å². The highest BCUT2D eigenvalue weighted by Gasteiger charge is 2.07. The third-order valence-electron chi connectivity index (χ3n) is 4.07. The maximum absolute atomic E-state index is 11.9. The summed E-state index contributed by atoms with van der Waals surface area (Å²) in [7, 11) is 4.99. The van der Waals surface area contributed by atoms with E-state index in [1.54, 1.807) is 31.1 Å². The second-order valence-corrected chi connectivity index (χ2v) is 6.45. The smallest absolute Gasteiger partial charge is 0.253 e. The number of ether oxygens (including phenoxy) is 1. The molecule has 2 rings (SSSR count). The first kappa shape index (κ1) is 24.5. The van der Waals surface area contributed by atoms with Crippen LogP contribution in [0.25, 0.3) is 0 Å². The summed E-state index contributed by atoms with van der Waals surface area (Å²) in [4.78, 5) is 18.0. The van der Waals surface area contributed by atoms with Gasteiger partial charge < -0.3 is 25.4 Å². The molecule has 0 unspecified atom stereocenters. The largest absolute Gasteiger partial charge is 0.504 e. The molecule has 7 nitrogen and oxygen atoms in total. The first-order valence-corrected chi connectivity index (χ1v) is 9.13. The SMILES string of the molecule is CCNC(=NCc1ccc(OC)c(O)c1)NCc1ccc(C(=O)N(C)C)cc1.I. The molecular weight excluding hydrogens is 483 g/mol. The highest BCUT2D eigenvalue weighted by atomic mass is 127. The van der Waals surface area contributed by atoms with Crippen LogP contribution in [0, 0.1) is 0 Å². The number of aromatic hydroxyl groups is 1. The molecule has 2 aromatic carbocycles. The molecule has 0 bridgehead atoms. The molecule has 0 saturated heterocycles. The van der Waals surface area contributed by atoms with Crippen molar-refractivity contribution in [2.75, 3.05) is 27.7 Å². The van der Waals surface area contributed by atoms with Gasteiger partial charge in [0.15, 0.2) is 17.5 Å². The summed E-state index contributed by atoms with van der Waals surface area (Å²) < 4.78 is 5.05. The van der Waals surface area contributed by atoms with E-state index >= 15 is 0 Å². The van der Waals surface area contributed by atoms with Gasteiger partial charge in [-0.3, -0.25) is 4.79 Å². The van der Waals surface area contributed by atoms with Crippen LogP contribution in [0.1, 0.15) is 28.4 Å². The number of hydrogen-bond donors (Lipinski definition) is 3. The lowest BCUT2D eigenvalue weighted by Crippen LogP contribution is -2.36. The third-order valence-corrected chi connectivity index (χ3v) is 4.07. The van der Waals surface area contributed by atoms with Crippen LogP contribution in [0.4, 0.5) is 0 Å². The maximum atomic E-state index is 11.9. The molecule has 3 N–H and O–H groups in total. The van der Waals surface area contributed by atoms with E-state index < -0.39 is 0 Å². The zero-order valence-electron chi connectivity index (χ0n) is 17.2. The van der Waals surface area contributed by atoms with Gasteiger partial charge in [0.2, 0.25) is 0 Å². The lowest BCUT2D eigenvalue weighted by molar-refractivity contribution is 0.0827. The Hall–Kier alpha value is -2.49. The lowest BCUT2D eigenvalue weighted by Gasteiger charge is -2.13. The third kappa shape index (κ3) is 7.45. The van der Waals surface area contributed by atoms with Gasteiger partial charge in [-0.15, -0.1) is 24.0 Å². The van der Waals surface area contributed by atoms with Crippen molar-refractivity contribution < 1.29 is 14.6 Å². The van der Waals surface area contributed by atoms with Gasteiger partial charge in [-0.25, -0.2) is 4.99 Å². The molecule has 0 atom stereocenters. The summed E-state index contributed by atoms with van der Waals surface area (Å²) in [6, 6.07) is 12.7. The Morgan fingerprint density at radius 3 is 2.31 bits per heavy atom. The fourth-order valence-corrected chi connectivity index (χ4v) is 2.56. The first-order valence-electron chi connectivity index (χ1n) is 9.13. The summed E-state index contributed by atoms with van der Waals surface area (Å²) in [5, 5.41) is 16.3. The molecule has 158 valence electrons. The molecular formula is C21H29IN4O3. The molecule has 0 heterocycles. The van der Waals surface area contributed by atoms with Crippen LogP contribution in [-0.4, -0.2) is 49.6 Å². The molecule has 0 aromatic heterocycles. The Morgan fingerprint density at radius 2 is 1.76 bits per heavy atom. The van der Waals surface area contributed by atoms with E-state index in [0.29, 0.717) is 30.4 Å².